The van der Waals surface area contributed by atoms with E-state index in [1.54, 1.807) is 0 Å². The number of hydrogen-bond donors (Lipinski definition) is 2. The third kappa shape index (κ3) is 5.12. The molecule has 0 amide bonds. The van der Waals surface area contributed by atoms with Gasteiger partial charge in [0.05, 0.1) is 0 Å². The van der Waals surface area contributed by atoms with Gasteiger partial charge in [0.15, 0.2) is 0 Å². The van der Waals surface area contributed by atoms with Crippen LogP contribution in [0, 0.1) is 26.7 Å². The first-order valence-corrected chi connectivity index (χ1v) is 8.64. The second-order valence-electron chi connectivity index (χ2n) is 5.75. The average molecular weight is 295 g/mol. The molecule has 2 atom stereocenters. The van der Waals surface area contributed by atoms with Crippen LogP contribution in [0.4, 0.5) is 0 Å². The summed E-state index contributed by atoms with van der Waals surface area (Å²) in [5, 5.41) is 12.7. The highest BCUT2D eigenvalue weighted by atomic mass is 32.2. The highest BCUT2D eigenvalue weighted by Crippen LogP contribution is 2.27. The molecule has 1 rings (SSSR count). The minimum Gasteiger partial charge on any atom is -0.396 e. The van der Waals surface area contributed by atoms with Gasteiger partial charge in [-0.1, -0.05) is 31.5 Å². The third-order valence-electron chi connectivity index (χ3n) is 3.54. The Balaban J connectivity index is 2.80. The molecule has 0 heterocycles. The Morgan fingerprint density at radius 3 is 2.25 bits per heavy atom. The van der Waals surface area contributed by atoms with Gasteiger partial charge in [0.25, 0.3) is 0 Å². The fourth-order valence-electron chi connectivity index (χ4n) is 2.67. The van der Waals surface area contributed by atoms with Gasteiger partial charge in [0.1, 0.15) is 0 Å². The van der Waals surface area contributed by atoms with Crippen molar-refractivity contribution in [2.75, 3.05) is 24.7 Å². The molecule has 0 aliphatic heterocycles. The molecule has 3 heteroatoms. The highest BCUT2D eigenvalue weighted by molar-refractivity contribution is 7.99. The topological polar surface area (TPSA) is 32.3 Å². The lowest BCUT2D eigenvalue weighted by Gasteiger charge is -2.23. The smallest absolute Gasteiger partial charge is 0.0464 e. The van der Waals surface area contributed by atoms with Crippen LogP contribution < -0.4 is 5.32 Å². The first kappa shape index (κ1) is 17.5. The van der Waals surface area contributed by atoms with E-state index in [2.05, 4.69) is 52.1 Å². The third-order valence-corrected chi connectivity index (χ3v) is 4.91. The Bertz CT molecular complexity index is 396. The molecule has 20 heavy (non-hydrogen) atoms. The minimum atomic E-state index is 0.279. The number of thioether (sulfide) groups is 1. The van der Waals surface area contributed by atoms with Crippen molar-refractivity contribution >= 4 is 11.8 Å². The number of hydrogen-bond acceptors (Lipinski definition) is 3. The molecule has 0 aliphatic carbocycles. The highest BCUT2D eigenvalue weighted by Gasteiger charge is 2.16. The maximum atomic E-state index is 9.11. The predicted octanol–water partition coefficient (Wildman–Crippen LogP) is 3.62. The fraction of sp³-hybridized carbons (Fsp3) is 0.647. The number of nitrogens with one attached hydrogen (secondary N) is 1. The van der Waals surface area contributed by atoms with Crippen molar-refractivity contribution in [2.45, 2.75) is 40.7 Å². The summed E-state index contributed by atoms with van der Waals surface area (Å²) in [6.07, 6.45) is 0. The molecule has 0 saturated heterocycles. The molecule has 2 unspecified atom stereocenters. The van der Waals surface area contributed by atoms with Gasteiger partial charge >= 0.3 is 0 Å². The zero-order valence-corrected chi connectivity index (χ0v) is 14.3. The van der Waals surface area contributed by atoms with Gasteiger partial charge in [-0.05, 0) is 55.7 Å². The van der Waals surface area contributed by atoms with E-state index >= 15 is 0 Å². The molecular formula is C17H29NOS. The summed E-state index contributed by atoms with van der Waals surface area (Å²) in [5.41, 5.74) is 5.54. The molecule has 2 nitrogen and oxygen atoms in total. The van der Waals surface area contributed by atoms with E-state index in [0.29, 0.717) is 12.0 Å². The van der Waals surface area contributed by atoms with E-state index in [0.717, 1.165) is 18.1 Å². The van der Waals surface area contributed by atoms with Crippen LogP contribution in [0.25, 0.3) is 0 Å². The van der Waals surface area contributed by atoms with E-state index in [1.165, 1.54) is 22.3 Å². The number of aliphatic hydroxyl groups is 1. The SMILES string of the molecule is CCNC(CSCC(C)CO)c1c(C)cc(C)cc1C. The molecule has 2 N–H and O–H groups in total. The van der Waals surface area contributed by atoms with Crippen molar-refractivity contribution in [3.8, 4) is 0 Å². The monoisotopic (exact) mass is 295 g/mol. The summed E-state index contributed by atoms with van der Waals surface area (Å²) in [5.74, 6) is 2.45. The van der Waals surface area contributed by atoms with Crippen molar-refractivity contribution < 1.29 is 5.11 Å². The van der Waals surface area contributed by atoms with Crippen molar-refractivity contribution in [2.24, 2.45) is 5.92 Å². The molecule has 0 aliphatic rings. The average Bonchev–Trinajstić information content (AvgIpc) is 2.37. The molecule has 1 aromatic rings. The molecule has 1 aromatic carbocycles. The Labute approximate surface area is 128 Å². The molecule has 0 radical (unpaired) electrons. The van der Waals surface area contributed by atoms with E-state index in [-0.39, 0.29) is 6.61 Å². The van der Waals surface area contributed by atoms with Crippen LogP contribution in [0.3, 0.4) is 0 Å². The first-order chi connectivity index (χ1) is 9.49. The lowest BCUT2D eigenvalue weighted by atomic mass is 9.95. The van der Waals surface area contributed by atoms with E-state index in [9.17, 15) is 0 Å². The first-order valence-electron chi connectivity index (χ1n) is 7.49. The molecular weight excluding hydrogens is 266 g/mol. The predicted molar refractivity (Wildman–Crippen MR) is 90.6 cm³/mol. The summed E-state index contributed by atoms with van der Waals surface area (Å²) in [6.45, 7) is 12.1. The standard InChI is InChI=1S/C17H29NOS/c1-6-18-16(11-20-10-13(3)9-19)17-14(4)7-12(2)8-15(17)5/h7-8,13,16,18-19H,6,9-11H2,1-5H3. The van der Waals surface area contributed by atoms with Crippen LogP contribution in [0.2, 0.25) is 0 Å². The Morgan fingerprint density at radius 2 is 1.75 bits per heavy atom. The van der Waals surface area contributed by atoms with Gasteiger partial charge in [0, 0.05) is 18.4 Å². The van der Waals surface area contributed by atoms with Crippen LogP contribution in [0.1, 0.15) is 42.1 Å². The van der Waals surface area contributed by atoms with Crippen LogP contribution in [-0.2, 0) is 0 Å². The van der Waals surface area contributed by atoms with Crippen molar-refractivity contribution in [1.82, 2.24) is 5.32 Å². The molecule has 0 aromatic heterocycles. The zero-order chi connectivity index (χ0) is 15.1. The van der Waals surface area contributed by atoms with Crippen molar-refractivity contribution in [1.29, 1.82) is 0 Å². The van der Waals surface area contributed by atoms with Crippen molar-refractivity contribution in [3.05, 3.63) is 34.4 Å². The van der Waals surface area contributed by atoms with Gasteiger partial charge in [-0.2, -0.15) is 11.8 Å². The molecule has 0 bridgehead atoms. The van der Waals surface area contributed by atoms with Crippen LogP contribution in [0.15, 0.2) is 12.1 Å². The Kier molecular flexibility index (Phi) is 7.63. The maximum absolute atomic E-state index is 9.11. The number of aliphatic hydroxyl groups excluding tert-OH is 1. The van der Waals surface area contributed by atoms with E-state index in [4.69, 9.17) is 5.11 Å². The quantitative estimate of drug-likeness (QED) is 0.768. The van der Waals surface area contributed by atoms with E-state index < -0.39 is 0 Å². The molecule has 0 saturated carbocycles. The minimum absolute atomic E-state index is 0.279. The number of benzene rings is 1. The number of rotatable bonds is 8. The van der Waals surface area contributed by atoms with Crippen LogP contribution in [0.5, 0.6) is 0 Å². The van der Waals surface area contributed by atoms with Gasteiger partial charge < -0.3 is 10.4 Å². The Hall–Kier alpha value is -0.510. The number of aryl methyl sites for hydroxylation is 3. The van der Waals surface area contributed by atoms with Gasteiger partial charge in [-0.25, -0.2) is 0 Å². The Morgan fingerprint density at radius 1 is 1.15 bits per heavy atom. The van der Waals surface area contributed by atoms with Gasteiger partial charge in [-0.15, -0.1) is 0 Å². The van der Waals surface area contributed by atoms with Crippen molar-refractivity contribution in [3.63, 3.8) is 0 Å². The van der Waals surface area contributed by atoms with E-state index in [1.807, 2.05) is 11.8 Å². The summed E-state index contributed by atoms with van der Waals surface area (Å²) < 4.78 is 0. The van der Waals surface area contributed by atoms with Gasteiger partial charge in [0.2, 0.25) is 0 Å². The van der Waals surface area contributed by atoms with Gasteiger partial charge in [-0.3, -0.25) is 0 Å². The second kappa shape index (κ2) is 8.71. The molecule has 0 spiro atoms. The molecule has 114 valence electrons. The maximum Gasteiger partial charge on any atom is 0.0464 e. The normalized spacial score (nSPS) is 14.3. The zero-order valence-electron chi connectivity index (χ0n) is 13.5. The summed E-state index contributed by atoms with van der Waals surface area (Å²) in [6, 6.07) is 4.94. The second-order valence-corrected chi connectivity index (χ2v) is 6.82. The largest absolute Gasteiger partial charge is 0.396 e. The lowest BCUT2D eigenvalue weighted by Crippen LogP contribution is -2.25. The fourth-order valence-corrected chi connectivity index (χ4v) is 3.84. The molecule has 0 fully saturated rings. The summed E-state index contributed by atoms with van der Waals surface area (Å²) in [7, 11) is 0. The van der Waals surface area contributed by atoms with Crippen LogP contribution in [-0.4, -0.2) is 29.8 Å². The summed E-state index contributed by atoms with van der Waals surface area (Å²) >= 11 is 1.93. The lowest BCUT2D eigenvalue weighted by molar-refractivity contribution is 0.250. The van der Waals surface area contributed by atoms with Crippen LogP contribution >= 0.6 is 11.8 Å². The summed E-state index contributed by atoms with van der Waals surface area (Å²) in [4.78, 5) is 0.